The van der Waals surface area contributed by atoms with E-state index >= 15 is 0 Å². The molecule has 0 saturated heterocycles. The summed E-state index contributed by atoms with van der Waals surface area (Å²) in [7, 11) is 0. The number of fused-ring (bicyclic) bond motifs is 3. The summed E-state index contributed by atoms with van der Waals surface area (Å²) in [5.74, 6) is 1.82. The number of aromatic nitrogens is 3. The molecule has 0 radical (unpaired) electrons. The van der Waals surface area contributed by atoms with Crippen molar-refractivity contribution in [1.29, 1.82) is 0 Å². The zero-order chi connectivity index (χ0) is 33.4. The second kappa shape index (κ2) is 12.4. The highest BCUT2D eigenvalue weighted by Gasteiger charge is 2.17. The predicted molar refractivity (Wildman–Crippen MR) is 204 cm³/mol. The molecule has 0 atom stereocenters. The lowest BCUT2D eigenvalue weighted by Crippen LogP contribution is -2.00. The Morgan fingerprint density at radius 1 is 0.360 bits per heavy atom. The molecule has 2 heterocycles. The van der Waals surface area contributed by atoms with Crippen LogP contribution in [-0.4, -0.2) is 15.0 Å². The third-order valence-corrected chi connectivity index (χ3v) is 9.25. The third-order valence-electron chi connectivity index (χ3n) is 9.25. The molecule has 4 heteroatoms. The van der Waals surface area contributed by atoms with Crippen molar-refractivity contribution >= 4 is 21.9 Å². The molecule has 0 bridgehead atoms. The van der Waals surface area contributed by atoms with E-state index in [0.29, 0.717) is 17.5 Å². The molecule has 0 saturated carbocycles. The summed E-state index contributed by atoms with van der Waals surface area (Å²) in [5.41, 5.74) is 12.5. The van der Waals surface area contributed by atoms with Crippen LogP contribution in [-0.2, 0) is 0 Å². The van der Waals surface area contributed by atoms with Crippen molar-refractivity contribution in [2.75, 3.05) is 0 Å². The molecule has 4 nitrogen and oxygen atoms in total. The second-order valence-corrected chi connectivity index (χ2v) is 12.6. The molecule has 236 valence electrons. The van der Waals surface area contributed by atoms with Crippen LogP contribution < -0.4 is 0 Å². The first-order valence-electron chi connectivity index (χ1n) is 16.8. The molecule has 9 rings (SSSR count). The number of rotatable bonds is 6. The lowest BCUT2D eigenvalue weighted by molar-refractivity contribution is 0.669. The van der Waals surface area contributed by atoms with Crippen molar-refractivity contribution < 1.29 is 4.42 Å². The minimum atomic E-state index is 0.588. The van der Waals surface area contributed by atoms with Gasteiger partial charge in [0.05, 0.1) is 0 Å². The third kappa shape index (κ3) is 5.53. The maximum absolute atomic E-state index is 6.45. The van der Waals surface area contributed by atoms with Gasteiger partial charge in [-0.15, -0.1) is 0 Å². The summed E-state index contributed by atoms with van der Waals surface area (Å²) < 4.78 is 6.45. The molecule has 0 fully saturated rings. The van der Waals surface area contributed by atoms with Crippen molar-refractivity contribution in [3.63, 3.8) is 0 Å². The quantitative estimate of drug-likeness (QED) is 0.181. The molecule has 9 aromatic rings. The molecule has 0 aliphatic heterocycles. The summed E-state index contributed by atoms with van der Waals surface area (Å²) in [4.78, 5) is 15.1. The van der Waals surface area contributed by atoms with E-state index < -0.39 is 0 Å². The van der Waals surface area contributed by atoms with Gasteiger partial charge >= 0.3 is 0 Å². The van der Waals surface area contributed by atoms with E-state index in [1.807, 2.05) is 30.3 Å². The zero-order valence-corrected chi connectivity index (χ0v) is 27.4. The average molecular weight is 642 g/mol. The fourth-order valence-electron chi connectivity index (χ4n) is 6.59. The van der Waals surface area contributed by atoms with E-state index in [1.165, 1.54) is 16.7 Å². The monoisotopic (exact) mass is 641 g/mol. The van der Waals surface area contributed by atoms with Gasteiger partial charge in [0.25, 0.3) is 0 Å². The number of nitrogens with zero attached hydrogens (tertiary/aromatic N) is 3. The Morgan fingerprint density at radius 2 is 0.820 bits per heavy atom. The second-order valence-electron chi connectivity index (χ2n) is 12.6. The highest BCUT2D eigenvalue weighted by atomic mass is 16.3. The van der Waals surface area contributed by atoms with E-state index in [-0.39, 0.29) is 0 Å². The van der Waals surface area contributed by atoms with E-state index in [0.717, 1.165) is 60.9 Å². The standard InChI is InChI=1S/C46H31N3O/c1-30-15-17-32(18-16-30)34-21-25-37(26-22-34)45-47-44(36-23-19-33(20-24-36)31-9-4-2-5-10-31)48-46(49-45)38-27-28-40-42(29-38)50-41-14-8-13-39(43(40)41)35-11-6-3-7-12-35/h2-29H,1H3. The van der Waals surface area contributed by atoms with Gasteiger partial charge in [-0.05, 0) is 58.5 Å². The first-order chi connectivity index (χ1) is 24.7. The Labute approximate surface area is 290 Å². The van der Waals surface area contributed by atoms with E-state index in [2.05, 4.69) is 146 Å². The summed E-state index contributed by atoms with van der Waals surface area (Å²) in [6.07, 6.45) is 0. The number of benzene rings is 7. The maximum Gasteiger partial charge on any atom is 0.164 e. The predicted octanol–water partition coefficient (Wildman–Crippen LogP) is 12.1. The summed E-state index contributed by atoms with van der Waals surface area (Å²) >= 11 is 0. The minimum Gasteiger partial charge on any atom is -0.456 e. The number of hydrogen-bond acceptors (Lipinski definition) is 4. The van der Waals surface area contributed by atoms with Crippen molar-refractivity contribution in [3.05, 3.63) is 175 Å². The molecular weight excluding hydrogens is 611 g/mol. The van der Waals surface area contributed by atoms with Crippen LogP contribution in [0.5, 0.6) is 0 Å². The van der Waals surface area contributed by atoms with Crippen LogP contribution in [0.4, 0.5) is 0 Å². The first kappa shape index (κ1) is 29.5. The van der Waals surface area contributed by atoms with Crippen molar-refractivity contribution in [2.45, 2.75) is 6.92 Å². The Morgan fingerprint density at radius 3 is 1.40 bits per heavy atom. The van der Waals surface area contributed by atoms with Gasteiger partial charge in [0, 0.05) is 27.5 Å². The van der Waals surface area contributed by atoms with Gasteiger partial charge in [0.2, 0.25) is 0 Å². The van der Waals surface area contributed by atoms with Crippen molar-refractivity contribution in [1.82, 2.24) is 15.0 Å². The molecule has 0 unspecified atom stereocenters. The van der Waals surface area contributed by atoms with Crippen LogP contribution in [0.1, 0.15) is 5.56 Å². The van der Waals surface area contributed by atoms with E-state index in [1.54, 1.807) is 0 Å². The lowest BCUT2D eigenvalue weighted by atomic mass is 9.99. The Bertz CT molecular complexity index is 2610. The van der Waals surface area contributed by atoms with Crippen LogP contribution in [0.2, 0.25) is 0 Å². The molecule has 50 heavy (non-hydrogen) atoms. The van der Waals surface area contributed by atoms with Crippen LogP contribution in [0.15, 0.2) is 174 Å². The Balaban J connectivity index is 1.16. The zero-order valence-electron chi connectivity index (χ0n) is 27.4. The number of hydrogen-bond donors (Lipinski definition) is 0. The van der Waals surface area contributed by atoms with Crippen LogP contribution in [0, 0.1) is 6.92 Å². The summed E-state index contributed by atoms with van der Waals surface area (Å²) in [6, 6.07) is 58.7. The Hall–Kier alpha value is -6.65. The smallest absolute Gasteiger partial charge is 0.164 e. The summed E-state index contributed by atoms with van der Waals surface area (Å²) in [6.45, 7) is 2.10. The van der Waals surface area contributed by atoms with Gasteiger partial charge in [-0.3, -0.25) is 0 Å². The molecule has 0 N–H and O–H groups in total. The molecule has 0 aliphatic carbocycles. The largest absolute Gasteiger partial charge is 0.456 e. The van der Waals surface area contributed by atoms with Gasteiger partial charge in [-0.1, -0.05) is 157 Å². The van der Waals surface area contributed by atoms with E-state index in [9.17, 15) is 0 Å². The Kier molecular flexibility index (Phi) is 7.33. The molecule has 7 aromatic carbocycles. The van der Waals surface area contributed by atoms with Gasteiger partial charge in [0.15, 0.2) is 17.5 Å². The van der Waals surface area contributed by atoms with Crippen LogP contribution in [0.3, 0.4) is 0 Å². The van der Waals surface area contributed by atoms with E-state index in [4.69, 9.17) is 19.4 Å². The minimum absolute atomic E-state index is 0.588. The van der Waals surface area contributed by atoms with Gasteiger partial charge < -0.3 is 4.42 Å². The highest BCUT2D eigenvalue weighted by Crippen LogP contribution is 2.38. The van der Waals surface area contributed by atoms with Gasteiger partial charge in [-0.2, -0.15) is 0 Å². The maximum atomic E-state index is 6.45. The molecular formula is C46H31N3O. The lowest BCUT2D eigenvalue weighted by Gasteiger charge is -2.10. The topological polar surface area (TPSA) is 51.8 Å². The first-order valence-corrected chi connectivity index (χ1v) is 16.8. The number of furan rings is 1. The highest BCUT2D eigenvalue weighted by molar-refractivity contribution is 6.13. The van der Waals surface area contributed by atoms with Crippen molar-refractivity contribution in [3.8, 4) is 67.5 Å². The fraction of sp³-hybridized carbons (Fsp3) is 0.0217. The fourth-order valence-corrected chi connectivity index (χ4v) is 6.59. The van der Waals surface area contributed by atoms with Gasteiger partial charge in [0.1, 0.15) is 11.2 Å². The molecule has 0 aliphatic rings. The molecule has 0 amide bonds. The van der Waals surface area contributed by atoms with Gasteiger partial charge in [-0.25, -0.2) is 15.0 Å². The summed E-state index contributed by atoms with van der Waals surface area (Å²) in [5, 5.41) is 2.16. The van der Waals surface area contributed by atoms with Crippen LogP contribution >= 0.6 is 0 Å². The van der Waals surface area contributed by atoms with Crippen LogP contribution in [0.25, 0.3) is 89.5 Å². The molecule has 0 spiro atoms. The van der Waals surface area contributed by atoms with Crippen molar-refractivity contribution in [2.24, 2.45) is 0 Å². The SMILES string of the molecule is Cc1ccc(-c2ccc(-c3nc(-c4ccc(-c5ccccc5)cc4)nc(-c4ccc5c(c4)oc4cccc(-c6ccccc6)c45)n3)cc2)cc1. The average Bonchev–Trinajstić information content (AvgIpc) is 3.57. The normalized spacial score (nSPS) is 11.3. The number of aryl methyl sites for hydroxylation is 1. The molecule has 2 aromatic heterocycles.